The third-order valence-corrected chi connectivity index (χ3v) is 8.72. The number of Topliss-reactive ketones (excluding diaryl/α,β-unsaturated/α-hetero) is 2. The zero-order valence-electron chi connectivity index (χ0n) is 23.7. The number of ketones is 2. The summed E-state index contributed by atoms with van der Waals surface area (Å²) in [6.45, 7) is 15.5. The topological polar surface area (TPSA) is 147 Å². The SMILES string of the molecule is CC(C)(C)NC(=O)N[C@H](C(=O)[C@@H]1C[C@H]2[C@@H]([C@H]1C(=O)NC(CC1CCC1)C(=O)C(N)=O)C2(C)C)C(C)(C)C. The molecule has 0 aliphatic heterocycles. The molecule has 0 heterocycles. The first-order valence-corrected chi connectivity index (χ1v) is 13.6. The van der Waals surface area contributed by atoms with Crippen molar-refractivity contribution < 1.29 is 24.0 Å². The minimum Gasteiger partial charge on any atom is -0.363 e. The molecule has 4 amide bonds. The fourth-order valence-corrected chi connectivity index (χ4v) is 6.43. The largest absolute Gasteiger partial charge is 0.363 e. The second-order valence-corrected chi connectivity index (χ2v) is 14.2. The smallest absolute Gasteiger partial charge is 0.315 e. The zero-order chi connectivity index (χ0) is 28.1. The monoisotopic (exact) mass is 518 g/mol. The lowest BCUT2D eigenvalue weighted by atomic mass is 9.73. The highest BCUT2D eigenvalue weighted by Crippen LogP contribution is 2.71. The molecule has 5 N–H and O–H groups in total. The number of carbonyl (C=O) groups excluding carboxylic acids is 5. The molecule has 0 aromatic rings. The number of carbonyl (C=O) groups is 5. The summed E-state index contributed by atoms with van der Waals surface area (Å²) in [7, 11) is 0. The first kappa shape index (κ1) is 29.1. The van der Waals surface area contributed by atoms with Crippen molar-refractivity contribution in [2.45, 2.75) is 105 Å². The summed E-state index contributed by atoms with van der Waals surface area (Å²) in [6.07, 6.45) is 3.92. The van der Waals surface area contributed by atoms with Gasteiger partial charge in [0.2, 0.25) is 11.7 Å². The highest BCUT2D eigenvalue weighted by molar-refractivity contribution is 6.37. The third kappa shape index (κ3) is 6.34. The molecule has 0 saturated heterocycles. The summed E-state index contributed by atoms with van der Waals surface area (Å²) in [6, 6.07) is -2.20. The van der Waals surface area contributed by atoms with Gasteiger partial charge in [0.05, 0.1) is 18.0 Å². The van der Waals surface area contributed by atoms with E-state index in [-0.39, 0.29) is 34.9 Å². The van der Waals surface area contributed by atoms with Crippen LogP contribution in [0.5, 0.6) is 0 Å². The minimum absolute atomic E-state index is 0.00139. The van der Waals surface area contributed by atoms with Crippen LogP contribution in [0.1, 0.15) is 87.5 Å². The van der Waals surface area contributed by atoms with Gasteiger partial charge in [0.1, 0.15) is 0 Å². The first-order chi connectivity index (χ1) is 16.8. The second kappa shape index (κ2) is 10.0. The summed E-state index contributed by atoms with van der Waals surface area (Å²) in [5.74, 6) is -3.13. The normalized spacial score (nSPS) is 28.2. The van der Waals surface area contributed by atoms with Gasteiger partial charge in [0.15, 0.2) is 5.78 Å². The van der Waals surface area contributed by atoms with Gasteiger partial charge in [-0.3, -0.25) is 19.2 Å². The highest BCUT2D eigenvalue weighted by Gasteiger charge is 2.70. The van der Waals surface area contributed by atoms with E-state index in [2.05, 4.69) is 29.8 Å². The van der Waals surface area contributed by atoms with Gasteiger partial charge < -0.3 is 21.7 Å². The predicted molar refractivity (Wildman–Crippen MR) is 140 cm³/mol. The predicted octanol–water partition coefficient (Wildman–Crippen LogP) is 2.71. The second-order valence-electron chi connectivity index (χ2n) is 14.2. The molecule has 1 unspecified atom stereocenters. The van der Waals surface area contributed by atoms with Gasteiger partial charge in [0, 0.05) is 11.5 Å². The number of primary amides is 1. The number of hydrogen-bond acceptors (Lipinski definition) is 5. The van der Waals surface area contributed by atoms with Crippen LogP contribution in [0.3, 0.4) is 0 Å². The van der Waals surface area contributed by atoms with Crippen LogP contribution in [0.15, 0.2) is 0 Å². The van der Waals surface area contributed by atoms with Gasteiger partial charge in [-0.1, -0.05) is 53.9 Å². The number of nitrogens with one attached hydrogen (secondary N) is 3. The quantitative estimate of drug-likeness (QED) is 0.347. The summed E-state index contributed by atoms with van der Waals surface area (Å²) >= 11 is 0. The van der Waals surface area contributed by atoms with E-state index in [1.165, 1.54) is 0 Å². The molecule has 0 aromatic heterocycles. The van der Waals surface area contributed by atoms with Crippen LogP contribution < -0.4 is 21.7 Å². The number of rotatable bonds is 9. The molecule has 37 heavy (non-hydrogen) atoms. The van der Waals surface area contributed by atoms with E-state index in [9.17, 15) is 24.0 Å². The lowest BCUT2D eigenvalue weighted by molar-refractivity contribution is -0.141. The van der Waals surface area contributed by atoms with Crippen LogP contribution in [0, 0.1) is 40.4 Å². The van der Waals surface area contributed by atoms with E-state index in [0.717, 1.165) is 19.3 Å². The third-order valence-electron chi connectivity index (χ3n) is 8.72. The summed E-state index contributed by atoms with van der Waals surface area (Å²) in [4.78, 5) is 64.7. The van der Waals surface area contributed by atoms with Crippen LogP contribution in [0.4, 0.5) is 4.79 Å². The van der Waals surface area contributed by atoms with E-state index in [1.54, 1.807) is 0 Å². The Morgan fingerprint density at radius 1 is 0.973 bits per heavy atom. The minimum atomic E-state index is -1.06. The van der Waals surface area contributed by atoms with Gasteiger partial charge in [-0.05, 0) is 62.2 Å². The fourth-order valence-electron chi connectivity index (χ4n) is 6.43. The van der Waals surface area contributed by atoms with Crippen molar-refractivity contribution in [2.75, 3.05) is 0 Å². The van der Waals surface area contributed by atoms with Crippen molar-refractivity contribution >= 4 is 29.4 Å². The molecule has 9 nitrogen and oxygen atoms in total. The summed E-state index contributed by atoms with van der Waals surface area (Å²) in [5.41, 5.74) is 4.15. The summed E-state index contributed by atoms with van der Waals surface area (Å²) in [5, 5.41) is 8.54. The standard InChI is InChI=1S/C28H46N4O5/c1-26(2,3)22(31-25(37)32-27(4,5)6)20(33)15-13-16-19(28(16,7)8)18(15)24(36)30-17(21(34)23(29)35)12-14-10-9-11-14/h14-19,22H,9-13H2,1-8H3,(H2,29,35)(H,30,36)(H2,31,32,37)/t15-,16+,17?,18+,19+,22-/m1/s1. The molecule has 0 spiro atoms. The Bertz CT molecular complexity index is 957. The lowest BCUT2D eigenvalue weighted by Crippen LogP contribution is -2.58. The molecule has 9 heteroatoms. The molecule has 0 radical (unpaired) electrons. The van der Waals surface area contributed by atoms with E-state index in [1.807, 2.05) is 41.5 Å². The van der Waals surface area contributed by atoms with Crippen LogP contribution in [-0.2, 0) is 19.2 Å². The Morgan fingerprint density at radius 2 is 1.57 bits per heavy atom. The number of fused-ring (bicyclic) bond motifs is 1. The highest BCUT2D eigenvalue weighted by atomic mass is 16.2. The molecule has 0 bridgehead atoms. The van der Waals surface area contributed by atoms with Gasteiger partial charge in [-0.15, -0.1) is 0 Å². The summed E-state index contributed by atoms with van der Waals surface area (Å²) < 4.78 is 0. The Morgan fingerprint density at radius 3 is 2.03 bits per heavy atom. The van der Waals surface area contributed by atoms with Crippen LogP contribution in [-0.4, -0.2) is 47.0 Å². The van der Waals surface area contributed by atoms with Crippen molar-refractivity contribution in [2.24, 2.45) is 46.2 Å². The first-order valence-electron chi connectivity index (χ1n) is 13.6. The number of nitrogens with two attached hydrogens (primary N) is 1. The Hall–Kier alpha value is -2.45. The van der Waals surface area contributed by atoms with Gasteiger partial charge >= 0.3 is 6.03 Å². The Balaban J connectivity index is 1.83. The molecule has 3 fully saturated rings. The van der Waals surface area contributed by atoms with E-state index >= 15 is 0 Å². The average molecular weight is 519 g/mol. The van der Waals surface area contributed by atoms with Crippen molar-refractivity contribution in [3.8, 4) is 0 Å². The number of urea groups is 1. The van der Waals surface area contributed by atoms with E-state index < -0.39 is 52.6 Å². The lowest BCUT2D eigenvalue weighted by Gasteiger charge is -2.36. The van der Waals surface area contributed by atoms with Gasteiger partial charge in [-0.25, -0.2) is 4.79 Å². The maximum absolute atomic E-state index is 14.0. The molecule has 3 aliphatic carbocycles. The van der Waals surface area contributed by atoms with Gasteiger partial charge in [0.25, 0.3) is 5.91 Å². The Labute approximate surface area is 220 Å². The molecule has 208 valence electrons. The van der Waals surface area contributed by atoms with Crippen molar-refractivity contribution in [3.63, 3.8) is 0 Å². The Kier molecular flexibility index (Phi) is 7.89. The van der Waals surface area contributed by atoms with E-state index in [4.69, 9.17) is 5.73 Å². The maximum atomic E-state index is 14.0. The maximum Gasteiger partial charge on any atom is 0.315 e. The van der Waals surface area contributed by atoms with Crippen molar-refractivity contribution in [1.29, 1.82) is 0 Å². The van der Waals surface area contributed by atoms with Crippen molar-refractivity contribution in [1.82, 2.24) is 16.0 Å². The molecule has 6 atom stereocenters. The fraction of sp³-hybridized carbons (Fsp3) is 0.821. The van der Waals surface area contributed by atoms with E-state index in [0.29, 0.717) is 12.8 Å². The molecular formula is C28H46N4O5. The van der Waals surface area contributed by atoms with Gasteiger partial charge in [-0.2, -0.15) is 0 Å². The average Bonchev–Trinajstić information content (AvgIpc) is 3.06. The zero-order valence-corrected chi connectivity index (χ0v) is 23.7. The van der Waals surface area contributed by atoms with Crippen LogP contribution >= 0.6 is 0 Å². The van der Waals surface area contributed by atoms with Crippen molar-refractivity contribution in [3.05, 3.63) is 0 Å². The molecule has 3 aliphatic rings. The molecule has 3 rings (SSSR count). The number of amides is 4. The molecule has 3 saturated carbocycles. The van der Waals surface area contributed by atoms with Crippen LogP contribution in [0.25, 0.3) is 0 Å². The van der Waals surface area contributed by atoms with Crippen LogP contribution in [0.2, 0.25) is 0 Å². The molecule has 0 aromatic carbocycles. The molecular weight excluding hydrogens is 472 g/mol. The number of hydrogen-bond donors (Lipinski definition) is 4.